The number of nitrogens with zero attached hydrogens (tertiary/aromatic N) is 1. The largest absolute Gasteiger partial charge is 0.325 e. The van der Waals surface area contributed by atoms with Crippen molar-refractivity contribution in [2.45, 2.75) is 11.1 Å². The van der Waals surface area contributed by atoms with Crippen LogP contribution in [0.15, 0.2) is 46.0 Å². The lowest BCUT2D eigenvalue weighted by Crippen LogP contribution is -2.34. The highest BCUT2D eigenvalue weighted by molar-refractivity contribution is 7.91. The van der Waals surface area contributed by atoms with Crippen molar-refractivity contribution in [3.8, 4) is 0 Å². The lowest BCUT2D eigenvalue weighted by atomic mass is 10.2. The monoisotopic (exact) mass is 324 g/mol. The topological polar surface area (TPSA) is 66.5 Å². The average Bonchev–Trinajstić information content (AvgIpc) is 2.96. The number of likely N-dealkylation sites (N-methyl/N-ethyl adjacent to an activating group) is 1. The van der Waals surface area contributed by atoms with Gasteiger partial charge >= 0.3 is 0 Å². The second-order valence-electron chi connectivity index (χ2n) is 4.61. The van der Waals surface area contributed by atoms with Crippen molar-refractivity contribution in [1.82, 2.24) is 4.31 Å². The molecule has 5 nitrogen and oxygen atoms in total. The van der Waals surface area contributed by atoms with Crippen LogP contribution < -0.4 is 5.32 Å². The summed E-state index contributed by atoms with van der Waals surface area (Å²) in [6.45, 7) is 1.72. The molecule has 2 aromatic rings. The fraction of sp³-hybridized carbons (Fsp3) is 0.214. The number of thiophene rings is 1. The van der Waals surface area contributed by atoms with Crippen molar-refractivity contribution in [3.63, 3.8) is 0 Å². The summed E-state index contributed by atoms with van der Waals surface area (Å²) < 4.78 is 25.6. The second-order valence-corrected chi connectivity index (χ2v) is 7.83. The van der Waals surface area contributed by atoms with E-state index in [2.05, 4.69) is 5.32 Å². The highest BCUT2D eigenvalue weighted by Gasteiger charge is 2.23. The molecule has 1 N–H and O–H groups in total. The van der Waals surface area contributed by atoms with Gasteiger partial charge in [-0.1, -0.05) is 23.8 Å². The van der Waals surface area contributed by atoms with E-state index in [1.165, 1.54) is 13.1 Å². The van der Waals surface area contributed by atoms with Crippen LogP contribution in [0.4, 0.5) is 5.69 Å². The molecule has 1 aromatic carbocycles. The maximum Gasteiger partial charge on any atom is 0.252 e. The van der Waals surface area contributed by atoms with E-state index in [1.807, 2.05) is 19.1 Å². The number of nitrogens with one attached hydrogen (secondary N) is 1. The number of hydrogen-bond acceptors (Lipinski definition) is 4. The first-order chi connectivity index (χ1) is 9.89. The van der Waals surface area contributed by atoms with Crippen LogP contribution in [0, 0.1) is 6.92 Å². The minimum Gasteiger partial charge on any atom is -0.325 e. The Bertz CT molecular complexity index is 707. The van der Waals surface area contributed by atoms with Gasteiger partial charge in [-0.15, -0.1) is 11.3 Å². The third kappa shape index (κ3) is 3.90. The molecule has 0 radical (unpaired) electrons. The molecule has 0 fully saturated rings. The number of aryl methyl sites for hydroxylation is 1. The first-order valence-electron chi connectivity index (χ1n) is 6.26. The number of sulfonamides is 1. The summed E-state index contributed by atoms with van der Waals surface area (Å²) in [4.78, 5) is 11.9. The summed E-state index contributed by atoms with van der Waals surface area (Å²) in [5, 5.41) is 4.36. The summed E-state index contributed by atoms with van der Waals surface area (Å²) in [6.07, 6.45) is 0. The molecule has 112 valence electrons. The fourth-order valence-corrected chi connectivity index (χ4v) is 4.02. The zero-order valence-corrected chi connectivity index (χ0v) is 13.4. The van der Waals surface area contributed by atoms with Crippen LogP contribution in [0.1, 0.15) is 5.56 Å². The van der Waals surface area contributed by atoms with Crippen LogP contribution in [-0.2, 0) is 14.8 Å². The Morgan fingerprint density at radius 1 is 1.24 bits per heavy atom. The molecule has 21 heavy (non-hydrogen) atoms. The third-order valence-electron chi connectivity index (χ3n) is 2.86. The van der Waals surface area contributed by atoms with Gasteiger partial charge in [0.05, 0.1) is 6.54 Å². The van der Waals surface area contributed by atoms with Crippen molar-refractivity contribution in [2.75, 3.05) is 18.9 Å². The minimum absolute atomic E-state index is 0.228. The highest BCUT2D eigenvalue weighted by atomic mass is 32.2. The van der Waals surface area contributed by atoms with Crippen LogP contribution >= 0.6 is 11.3 Å². The molecule has 7 heteroatoms. The minimum atomic E-state index is -3.60. The van der Waals surface area contributed by atoms with Crippen molar-refractivity contribution in [1.29, 1.82) is 0 Å². The van der Waals surface area contributed by atoms with E-state index < -0.39 is 10.0 Å². The average molecular weight is 324 g/mol. The molecule has 1 amide bonds. The van der Waals surface area contributed by atoms with E-state index >= 15 is 0 Å². The zero-order chi connectivity index (χ0) is 15.5. The second kappa shape index (κ2) is 6.38. The molecule has 2 rings (SSSR count). The molecule has 0 bridgehead atoms. The predicted molar refractivity (Wildman–Crippen MR) is 83.9 cm³/mol. The van der Waals surface area contributed by atoms with Crippen molar-refractivity contribution >= 4 is 33.0 Å². The molecule has 0 saturated carbocycles. The number of anilines is 1. The van der Waals surface area contributed by atoms with Gasteiger partial charge in [0.25, 0.3) is 10.0 Å². The molecule has 1 aromatic heterocycles. The SMILES string of the molecule is Cc1ccc(NC(=O)CN(C)S(=O)(=O)c2cccs2)cc1. The van der Waals surface area contributed by atoms with E-state index in [-0.39, 0.29) is 16.7 Å². The van der Waals surface area contributed by atoms with Gasteiger partial charge in [-0.25, -0.2) is 8.42 Å². The van der Waals surface area contributed by atoms with E-state index in [0.717, 1.165) is 21.2 Å². The molecule has 1 heterocycles. The van der Waals surface area contributed by atoms with Gasteiger partial charge in [0.1, 0.15) is 4.21 Å². The number of carbonyl (C=O) groups is 1. The van der Waals surface area contributed by atoms with Gasteiger partial charge < -0.3 is 5.32 Å². The molecule has 0 spiro atoms. The Labute approximate surface area is 128 Å². The Kier molecular flexibility index (Phi) is 4.76. The van der Waals surface area contributed by atoms with Crippen LogP contribution in [-0.4, -0.2) is 32.2 Å². The quantitative estimate of drug-likeness (QED) is 0.918. The van der Waals surface area contributed by atoms with Gasteiger partial charge in [-0.05, 0) is 30.5 Å². The smallest absolute Gasteiger partial charge is 0.252 e. The fourth-order valence-electron chi connectivity index (χ4n) is 1.69. The first-order valence-corrected chi connectivity index (χ1v) is 8.58. The highest BCUT2D eigenvalue weighted by Crippen LogP contribution is 2.19. The summed E-state index contributed by atoms with van der Waals surface area (Å²) in [5.74, 6) is -0.374. The third-order valence-corrected chi connectivity index (χ3v) is 6.04. The molecule has 0 unspecified atom stereocenters. The van der Waals surface area contributed by atoms with Gasteiger partial charge in [0.2, 0.25) is 5.91 Å². The van der Waals surface area contributed by atoms with Gasteiger partial charge in [-0.3, -0.25) is 4.79 Å². The number of hydrogen-bond donors (Lipinski definition) is 1. The van der Waals surface area contributed by atoms with Crippen molar-refractivity contribution < 1.29 is 13.2 Å². The summed E-state index contributed by atoms with van der Waals surface area (Å²) in [5.41, 5.74) is 1.73. The molecule has 0 aliphatic carbocycles. The summed E-state index contributed by atoms with van der Waals surface area (Å²) in [6, 6.07) is 10.5. The molecule has 0 aliphatic rings. The van der Waals surface area contributed by atoms with Crippen LogP contribution in [0.25, 0.3) is 0 Å². The van der Waals surface area contributed by atoms with E-state index in [9.17, 15) is 13.2 Å². The Hall–Kier alpha value is -1.70. The zero-order valence-electron chi connectivity index (χ0n) is 11.7. The standard InChI is InChI=1S/C14H16N2O3S2/c1-11-5-7-12(8-6-11)15-13(17)10-16(2)21(18,19)14-4-3-9-20-14/h3-9H,10H2,1-2H3,(H,15,17). The normalized spacial score (nSPS) is 11.6. The summed E-state index contributed by atoms with van der Waals surface area (Å²) >= 11 is 1.13. The predicted octanol–water partition coefficient (Wildman–Crippen LogP) is 2.32. The van der Waals surface area contributed by atoms with Crippen molar-refractivity contribution in [2.24, 2.45) is 0 Å². The van der Waals surface area contributed by atoms with Crippen LogP contribution in [0.2, 0.25) is 0 Å². The van der Waals surface area contributed by atoms with Crippen molar-refractivity contribution in [3.05, 3.63) is 47.3 Å². The van der Waals surface area contributed by atoms with E-state index in [4.69, 9.17) is 0 Å². The molecule has 0 aliphatic heterocycles. The van der Waals surface area contributed by atoms with E-state index in [0.29, 0.717) is 5.69 Å². The summed E-state index contributed by atoms with van der Waals surface area (Å²) in [7, 11) is -2.21. The first kappa shape index (κ1) is 15.7. The van der Waals surface area contributed by atoms with Crippen LogP contribution in [0.5, 0.6) is 0 Å². The molecular weight excluding hydrogens is 308 g/mol. The Morgan fingerprint density at radius 3 is 2.48 bits per heavy atom. The number of carbonyl (C=O) groups excluding carboxylic acids is 1. The van der Waals surface area contributed by atoms with Gasteiger partial charge in [0, 0.05) is 12.7 Å². The van der Waals surface area contributed by atoms with Crippen LogP contribution in [0.3, 0.4) is 0 Å². The number of benzene rings is 1. The number of rotatable bonds is 5. The lowest BCUT2D eigenvalue weighted by Gasteiger charge is -2.15. The Morgan fingerprint density at radius 2 is 1.90 bits per heavy atom. The Balaban J connectivity index is 2.01. The molecule has 0 saturated heterocycles. The maximum absolute atomic E-state index is 12.2. The molecule has 0 atom stereocenters. The lowest BCUT2D eigenvalue weighted by molar-refractivity contribution is -0.116. The van der Waals surface area contributed by atoms with Gasteiger partial charge in [0.15, 0.2) is 0 Å². The van der Waals surface area contributed by atoms with E-state index in [1.54, 1.807) is 23.6 Å². The van der Waals surface area contributed by atoms with Gasteiger partial charge in [-0.2, -0.15) is 4.31 Å². The maximum atomic E-state index is 12.2. The molecular formula is C14H16N2O3S2. The number of amides is 1.